The van der Waals surface area contributed by atoms with E-state index in [1.165, 1.54) is 0 Å². The van der Waals surface area contributed by atoms with E-state index in [4.69, 9.17) is 9.47 Å². The Bertz CT molecular complexity index is 924. The Labute approximate surface area is 170 Å². The average molecular weight is 389 g/mol. The van der Waals surface area contributed by atoms with Crippen LogP contribution in [0.3, 0.4) is 0 Å². The molecule has 0 fully saturated rings. The molecule has 1 amide bonds. The molecule has 0 spiro atoms. The van der Waals surface area contributed by atoms with Crippen molar-refractivity contribution in [2.75, 3.05) is 0 Å². The van der Waals surface area contributed by atoms with Gasteiger partial charge in [0.25, 0.3) is 0 Å². The zero-order valence-electron chi connectivity index (χ0n) is 16.2. The molecule has 1 N–H and O–H groups in total. The van der Waals surface area contributed by atoms with E-state index >= 15 is 0 Å². The fourth-order valence-corrected chi connectivity index (χ4v) is 2.74. The number of carbonyl (C=O) groups is 2. The Kier molecular flexibility index (Phi) is 7.00. The number of rotatable bonds is 7. The number of alkyl carbamates (subject to hydrolysis) is 1. The summed E-state index contributed by atoms with van der Waals surface area (Å²) in [5.41, 5.74) is 2.83. The summed E-state index contributed by atoms with van der Waals surface area (Å²) in [6, 6.07) is 25.1. The van der Waals surface area contributed by atoms with Gasteiger partial charge in [0.05, 0.1) is 0 Å². The zero-order chi connectivity index (χ0) is 20.5. The van der Waals surface area contributed by atoms with Gasteiger partial charge in [-0.15, -0.1) is 0 Å². The maximum absolute atomic E-state index is 12.7. The lowest BCUT2D eigenvalue weighted by Gasteiger charge is -2.18. The minimum absolute atomic E-state index is 0.123. The van der Waals surface area contributed by atoms with Gasteiger partial charge in [0.15, 0.2) is 0 Å². The molecule has 148 valence electrons. The number of ether oxygens (including phenoxy) is 2. The topological polar surface area (TPSA) is 64.6 Å². The van der Waals surface area contributed by atoms with E-state index in [9.17, 15) is 9.59 Å². The first kappa shape index (κ1) is 20.1. The molecule has 5 nitrogen and oxygen atoms in total. The predicted molar refractivity (Wildman–Crippen MR) is 111 cm³/mol. The van der Waals surface area contributed by atoms with Crippen molar-refractivity contribution in [3.05, 3.63) is 102 Å². The van der Waals surface area contributed by atoms with Crippen LogP contribution in [0.5, 0.6) is 5.75 Å². The first-order chi connectivity index (χ1) is 14.1. The molecule has 0 unspecified atom stereocenters. The summed E-state index contributed by atoms with van der Waals surface area (Å²) in [4.78, 5) is 25.0. The van der Waals surface area contributed by atoms with Crippen LogP contribution in [0.4, 0.5) is 4.79 Å². The van der Waals surface area contributed by atoms with Gasteiger partial charge in [0, 0.05) is 6.42 Å². The number of carbonyl (C=O) groups excluding carboxylic acids is 2. The van der Waals surface area contributed by atoms with Gasteiger partial charge in [-0.05, 0) is 30.2 Å². The highest BCUT2D eigenvalue weighted by Crippen LogP contribution is 2.14. The summed E-state index contributed by atoms with van der Waals surface area (Å²) in [7, 11) is 0. The number of esters is 1. The summed E-state index contributed by atoms with van der Waals surface area (Å²) in [6.45, 7) is 2.08. The second-order valence-electron chi connectivity index (χ2n) is 6.68. The number of amides is 1. The van der Waals surface area contributed by atoms with Gasteiger partial charge in [0.2, 0.25) is 0 Å². The molecule has 5 heteroatoms. The Balaban J connectivity index is 1.65. The van der Waals surface area contributed by atoms with E-state index in [-0.39, 0.29) is 6.61 Å². The van der Waals surface area contributed by atoms with Crippen LogP contribution >= 0.6 is 0 Å². The summed E-state index contributed by atoms with van der Waals surface area (Å²) >= 11 is 0. The molecule has 0 saturated heterocycles. The average Bonchev–Trinajstić information content (AvgIpc) is 2.75. The van der Waals surface area contributed by atoms with Gasteiger partial charge >= 0.3 is 12.1 Å². The summed E-state index contributed by atoms with van der Waals surface area (Å²) in [6.07, 6.45) is -0.373. The van der Waals surface area contributed by atoms with Gasteiger partial charge < -0.3 is 14.8 Å². The Morgan fingerprint density at radius 3 is 2.03 bits per heavy atom. The Morgan fingerprint density at radius 2 is 1.41 bits per heavy atom. The third-order valence-electron chi connectivity index (χ3n) is 4.31. The molecule has 1 atom stereocenters. The number of hydrogen-bond donors (Lipinski definition) is 1. The van der Waals surface area contributed by atoms with Crippen LogP contribution in [0.2, 0.25) is 0 Å². The molecule has 0 radical (unpaired) electrons. The highest BCUT2D eigenvalue weighted by Gasteiger charge is 2.24. The maximum Gasteiger partial charge on any atom is 0.408 e. The molecule has 0 aliphatic rings. The van der Waals surface area contributed by atoms with Crippen molar-refractivity contribution in [3.8, 4) is 5.75 Å². The lowest BCUT2D eigenvalue weighted by atomic mass is 10.1. The number of benzene rings is 3. The predicted octanol–water partition coefficient (Wildman–Crippen LogP) is 4.44. The third-order valence-corrected chi connectivity index (χ3v) is 4.31. The number of aryl methyl sites for hydroxylation is 1. The monoisotopic (exact) mass is 389 g/mol. The molecule has 0 aliphatic carbocycles. The Morgan fingerprint density at radius 1 is 0.828 bits per heavy atom. The van der Waals surface area contributed by atoms with Crippen LogP contribution in [-0.4, -0.2) is 18.1 Å². The van der Waals surface area contributed by atoms with E-state index in [0.717, 1.165) is 16.7 Å². The van der Waals surface area contributed by atoms with Gasteiger partial charge in [-0.2, -0.15) is 0 Å². The molecule has 3 rings (SSSR count). The molecule has 0 aliphatic heterocycles. The molecule has 3 aromatic rings. The normalized spacial score (nSPS) is 11.3. The van der Waals surface area contributed by atoms with Crippen molar-refractivity contribution < 1.29 is 19.1 Å². The lowest BCUT2D eigenvalue weighted by Crippen LogP contribution is -2.44. The van der Waals surface area contributed by atoms with Crippen LogP contribution in [0, 0.1) is 6.92 Å². The van der Waals surface area contributed by atoms with Crippen molar-refractivity contribution >= 4 is 12.1 Å². The SMILES string of the molecule is Cc1ccc(OC(=O)[C@H](Cc2ccccc2)NC(=O)OCc2ccccc2)cc1. The van der Waals surface area contributed by atoms with Crippen LogP contribution in [0.15, 0.2) is 84.9 Å². The minimum atomic E-state index is -0.873. The molecule has 0 aromatic heterocycles. The standard InChI is InChI=1S/C24H23NO4/c1-18-12-14-21(15-13-18)29-23(26)22(16-19-8-4-2-5-9-19)25-24(27)28-17-20-10-6-3-7-11-20/h2-15,22H,16-17H2,1H3,(H,25,27)/t22-/m0/s1. The van der Waals surface area contributed by atoms with E-state index < -0.39 is 18.1 Å². The lowest BCUT2D eigenvalue weighted by molar-refractivity contribution is -0.136. The minimum Gasteiger partial charge on any atom is -0.445 e. The largest absolute Gasteiger partial charge is 0.445 e. The molecular weight excluding hydrogens is 366 g/mol. The smallest absolute Gasteiger partial charge is 0.408 e. The molecular formula is C24H23NO4. The maximum atomic E-state index is 12.7. The summed E-state index contributed by atoms with van der Waals surface area (Å²) in [5, 5.41) is 2.63. The summed E-state index contributed by atoms with van der Waals surface area (Å²) < 4.78 is 10.7. The Hall–Kier alpha value is -3.60. The summed E-state index contributed by atoms with van der Waals surface area (Å²) in [5.74, 6) is -0.118. The van der Waals surface area contributed by atoms with Crippen LogP contribution in [0.25, 0.3) is 0 Å². The van der Waals surface area contributed by atoms with Crippen molar-refractivity contribution in [3.63, 3.8) is 0 Å². The van der Waals surface area contributed by atoms with Gasteiger partial charge in [0.1, 0.15) is 18.4 Å². The molecule has 0 heterocycles. The van der Waals surface area contributed by atoms with Crippen LogP contribution < -0.4 is 10.1 Å². The second kappa shape index (κ2) is 10.1. The van der Waals surface area contributed by atoms with Gasteiger partial charge in [-0.25, -0.2) is 9.59 Å². The van der Waals surface area contributed by atoms with Crippen LogP contribution in [-0.2, 0) is 22.6 Å². The highest BCUT2D eigenvalue weighted by molar-refractivity contribution is 5.83. The second-order valence-corrected chi connectivity index (χ2v) is 6.68. The van der Waals surface area contributed by atoms with E-state index in [2.05, 4.69) is 5.32 Å². The quantitative estimate of drug-likeness (QED) is 0.479. The van der Waals surface area contributed by atoms with E-state index in [1.807, 2.05) is 79.7 Å². The van der Waals surface area contributed by atoms with Crippen molar-refractivity contribution in [2.45, 2.75) is 26.0 Å². The highest BCUT2D eigenvalue weighted by atomic mass is 16.6. The number of hydrogen-bond acceptors (Lipinski definition) is 4. The molecule has 0 bridgehead atoms. The van der Waals surface area contributed by atoms with Crippen LogP contribution in [0.1, 0.15) is 16.7 Å². The van der Waals surface area contributed by atoms with Crippen molar-refractivity contribution in [1.82, 2.24) is 5.32 Å². The molecule has 3 aromatic carbocycles. The third kappa shape index (κ3) is 6.50. The van der Waals surface area contributed by atoms with E-state index in [1.54, 1.807) is 12.1 Å². The molecule has 29 heavy (non-hydrogen) atoms. The van der Waals surface area contributed by atoms with E-state index in [0.29, 0.717) is 12.2 Å². The number of nitrogens with one attached hydrogen (secondary N) is 1. The fraction of sp³-hybridized carbons (Fsp3) is 0.167. The molecule has 0 saturated carbocycles. The van der Waals surface area contributed by atoms with Crippen molar-refractivity contribution in [2.24, 2.45) is 0 Å². The first-order valence-corrected chi connectivity index (χ1v) is 9.39. The van der Waals surface area contributed by atoms with Crippen molar-refractivity contribution in [1.29, 1.82) is 0 Å². The zero-order valence-corrected chi connectivity index (χ0v) is 16.2. The van der Waals surface area contributed by atoms with Gasteiger partial charge in [-0.3, -0.25) is 0 Å². The fourth-order valence-electron chi connectivity index (χ4n) is 2.74. The van der Waals surface area contributed by atoms with Gasteiger partial charge in [-0.1, -0.05) is 78.4 Å². The first-order valence-electron chi connectivity index (χ1n) is 9.39.